The number of hydrogen-bond donors (Lipinski definition) is 0. The van der Waals surface area contributed by atoms with Gasteiger partial charge in [0.25, 0.3) is 0 Å². The van der Waals surface area contributed by atoms with E-state index >= 15 is 0 Å². The van der Waals surface area contributed by atoms with Crippen LogP contribution in [0, 0.1) is 0 Å². The second kappa shape index (κ2) is 14.8. The summed E-state index contributed by atoms with van der Waals surface area (Å²) in [5.41, 5.74) is 12.3. The quantitative estimate of drug-likeness (QED) is 0.162. The third-order valence-electron chi connectivity index (χ3n) is 11.2. The maximum atomic E-state index is 5.31. The van der Waals surface area contributed by atoms with Crippen molar-refractivity contribution in [1.82, 2.24) is 15.0 Å². The molecule has 59 heavy (non-hydrogen) atoms. The Balaban J connectivity index is 1.05. The maximum absolute atomic E-state index is 5.31. The Morgan fingerprint density at radius 2 is 0.695 bits per heavy atom. The zero-order valence-corrected chi connectivity index (χ0v) is 32.8. The minimum Gasteiger partial charge on any atom is -0.208 e. The maximum Gasteiger partial charge on any atom is 0.165 e. The second-order valence-electron chi connectivity index (χ2n) is 14.8. The van der Waals surface area contributed by atoms with Crippen LogP contribution in [-0.2, 0) is 0 Å². The van der Waals surface area contributed by atoms with Gasteiger partial charge in [-0.3, -0.25) is 0 Å². The molecule has 276 valence electrons. The van der Waals surface area contributed by atoms with E-state index in [1.807, 2.05) is 6.07 Å². The van der Waals surface area contributed by atoms with Gasteiger partial charge in [0.15, 0.2) is 17.5 Å². The molecular weight excluding hydrogens is 735 g/mol. The van der Waals surface area contributed by atoms with Crippen molar-refractivity contribution in [3.63, 3.8) is 0 Å². The first kappa shape index (κ1) is 34.7. The predicted molar refractivity (Wildman–Crippen MR) is 248 cm³/mol. The molecule has 2 heterocycles. The van der Waals surface area contributed by atoms with E-state index in [2.05, 4.69) is 206 Å². The lowest BCUT2D eigenvalue weighted by molar-refractivity contribution is 1.08. The third-order valence-corrected chi connectivity index (χ3v) is 12.4. The molecule has 0 aliphatic heterocycles. The van der Waals surface area contributed by atoms with Gasteiger partial charge in [-0.15, -0.1) is 11.3 Å². The zero-order valence-electron chi connectivity index (χ0n) is 32.0. The van der Waals surface area contributed by atoms with Gasteiger partial charge in [0, 0.05) is 36.9 Å². The Kier molecular flexibility index (Phi) is 8.68. The van der Waals surface area contributed by atoms with Crippen LogP contribution in [-0.4, -0.2) is 15.0 Å². The fourth-order valence-electron chi connectivity index (χ4n) is 8.21. The van der Waals surface area contributed by atoms with Crippen molar-refractivity contribution in [2.75, 3.05) is 0 Å². The summed E-state index contributed by atoms with van der Waals surface area (Å²) in [7, 11) is 0. The summed E-state index contributed by atoms with van der Waals surface area (Å²) >= 11 is 1.79. The van der Waals surface area contributed by atoms with Crippen LogP contribution < -0.4 is 0 Å². The highest BCUT2D eigenvalue weighted by Gasteiger charge is 2.19. The summed E-state index contributed by atoms with van der Waals surface area (Å²) in [5, 5.41) is 4.69. The molecule has 11 aromatic rings. The average molecular weight is 770 g/mol. The molecule has 2 aromatic heterocycles. The first-order valence-electron chi connectivity index (χ1n) is 19.8. The van der Waals surface area contributed by atoms with Gasteiger partial charge in [-0.2, -0.15) is 0 Å². The number of nitrogens with zero attached hydrogens (tertiary/aromatic N) is 3. The van der Waals surface area contributed by atoms with Gasteiger partial charge in [-0.1, -0.05) is 188 Å². The number of rotatable bonds is 7. The van der Waals surface area contributed by atoms with Crippen LogP contribution in [0.15, 0.2) is 212 Å². The molecule has 0 radical (unpaired) electrons. The molecule has 11 rings (SSSR count). The molecule has 0 fully saturated rings. The third kappa shape index (κ3) is 6.46. The molecule has 0 atom stereocenters. The van der Waals surface area contributed by atoms with Gasteiger partial charge in [0.1, 0.15) is 0 Å². The second-order valence-corrected chi connectivity index (χ2v) is 15.8. The van der Waals surface area contributed by atoms with Crippen LogP contribution in [0.25, 0.3) is 110 Å². The summed E-state index contributed by atoms with van der Waals surface area (Å²) in [5.74, 6) is 1.94. The highest BCUT2D eigenvalue weighted by molar-refractivity contribution is 7.26. The van der Waals surface area contributed by atoms with Crippen LogP contribution in [0.5, 0.6) is 0 Å². The molecule has 0 bridgehead atoms. The molecule has 0 unspecified atom stereocenters. The van der Waals surface area contributed by atoms with Crippen molar-refractivity contribution in [3.05, 3.63) is 212 Å². The van der Waals surface area contributed by atoms with E-state index in [9.17, 15) is 0 Å². The molecule has 3 nitrogen and oxygen atoms in total. The van der Waals surface area contributed by atoms with Crippen molar-refractivity contribution in [3.8, 4) is 78.7 Å². The number of benzene rings is 9. The highest BCUT2D eigenvalue weighted by Crippen LogP contribution is 2.41. The van der Waals surface area contributed by atoms with Gasteiger partial charge in [0.05, 0.1) is 0 Å². The minimum absolute atomic E-state index is 0.637. The van der Waals surface area contributed by atoms with Gasteiger partial charge in [-0.25, -0.2) is 15.0 Å². The standard InChI is InChI=1S/C55H35N3S/c1-3-13-36(14-4-1)38-25-27-39(28-26-38)40-29-31-41(32-30-40)53-56-54(58-55(57-53)50-23-12-22-48-47-21-9-10-24-51(47)59-52(48)50)49-34-33-44(45-19-7-8-20-46(45)49)43-18-11-17-42(35-43)37-15-5-2-6-16-37/h1-35H. The summed E-state index contributed by atoms with van der Waals surface area (Å²) < 4.78 is 2.42. The van der Waals surface area contributed by atoms with Crippen LogP contribution in [0.4, 0.5) is 0 Å². The highest BCUT2D eigenvalue weighted by atomic mass is 32.1. The Bertz CT molecular complexity index is 3300. The lowest BCUT2D eigenvalue weighted by atomic mass is 9.93. The predicted octanol–water partition coefficient (Wildman–Crippen LogP) is 15.1. The smallest absolute Gasteiger partial charge is 0.165 e. The van der Waals surface area contributed by atoms with Crippen molar-refractivity contribution in [2.45, 2.75) is 0 Å². The first-order valence-corrected chi connectivity index (χ1v) is 20.7. The molecule has 0 aliphatic rings. The lowest BCUT2D eigenvalue weighted by Crippen LogP contribution is -2.01. The number of aromatic nitrogens is 3. The Hall–Kier alpha value is -7.53. The average Bonchev–Trinajstić information content (AvgIpc) is 3.71. The fourth-order valence-corrected chi connectivity index (χ4v) is 9.42. The molecular formula is C55H35N3S. The van der Waals surface area contributed by atoms with Crippen molar-refractivity contribution in [1.29, 1.82) is 0 Å². The van der Waals surface area contributed by atoms with Crippen LogP contribution >= 0.6 is 11.3 Å². The van der Waals surface area contributed by atoms with E-state index in [-0.39, 0.29) is 0 Å². The Morgan fingerprint density at radius 3 is 1.37 bits per heavy atom. The van der Waals surface area contributed by atoms with Gasteiger partial charge < -0.3 is 0 Å². The van der Waals surface area contributed by atoms with Gasteiger partial charge >= 0.3 is 0 Å². The van der Waals surface area contributed by atoms with Crippen molar-refractivity contribution < 1.29 is 0 Å². The minimum atomic E-state index is 0.637. The number of hydrogen-bond acceptors (Lipinski definition) is 4. The fraction of sp³-hybridized carbons (Fsp3) is 0. The molecule has 0 N–H and O–H groups in total. The Labute approximate surface area is 346 Å². The molecule has 0 amide bonds. The first-order chi connectivity index (χ1) is 29.2. The largest absolute Gasteiger partial charge is 0.208 e. The van der Waals surface area contributed by atoms with E-state index in [0.29, 0.717) is 17.5 Å². The Morgan fingerprint density at radius 1 is 0.254 bits per heavy atom. The monoisotopic (exact) mass is 769 g/mol. The van der Waals surface area contributed by atoms with E-state index in [1.165, 1.54) is 48.0 Å². The van der Waals surface area contributed by atoms with E-state index in [4.69, 9.17) is 15.0 Å². The molecule has 0 saturated carbocycles. The number of thiophene rings is 1. The molecule has 0 spiro atoms. The number of fused-ring (bicyclic) bond motifs is 4. The van der Waals surface area contributed by atoms with E-state index in [1.54, 1.807) is 11.3 Å². The molecule has 9 aromatic carbocycles. The summed E-state index contributed by atoms with van der Waals surface area (Å²) in [6.07, 6.45) is 0. The molecule has 0 saturated heterocycles. The summed E-state index contributed by atoms with van der Waals surface area (Å²) in [4.78, 5) is 15.8. The SMILES string of the molecule is c1ccc(-c2ccc(-c3ccc(-c4nc(-c5ccc(-c6cccc(-c7ccccc7)c6)c6ccccc56)nc(-c5cccc6c5sc5ccccc56)n4)cc3)cc2)cc1. The van der Waals surface area contributed by atoms with Gasteiger partial charge in [-0.05, 0) is 79.5 Å². The summed E-state index contributed by atoms with van der Waals surface area (Å²) in [6.45, 7) is 0. The van der Waals surface area contributed by atoms with Gasteiger partial charge in [0.2, 0.25) is 0 Å². The topological polar surface area (TPSA) is 38.7 Å². The van der Waals surface area contributed by atoms with Crippen LogP contribution in [0.1, 0.15) is 0 Å². The summed E-state index contributed by atoms with van der Waals surface area (Å²) in [6, 6.07) is 75.2. The van der Waals surface area contributed by atoms with Crippen LogP contribution in [0.2, 0.25) is 0 Å². The molecule has 4 heteroatoms. The van der Waals surface area contributed by atoms with Crippen molar-refractivity contribution in [2.24, 2.45) is 0 Å². The van der Waals surface area contributed by atoms with Crippen LogP contribution in [0.3, 0.4) is 0 Å². The molecule has 0 aliphatic carbocycles. The lowest BCUT2D eigenvalue weighted by Gasteiger charge is -2.14. The van der Waals surface area contributed by atoms with E-state index in [0.717, 1.165) is 44.2 Å². The normalized spacial score (nSPS) is 11.4. The van der Waals surface area contributed by atoms with Crippen molar-refractivity contribution >= 4 is 42.3 Å². The zero-order chi connectivity index (χ0) is 39.1. The van der Waals surface area contributed by atoms with E-state index < -0.39 is 0 Å².